The molecule has 12 nitrogen and oxygen atoms in total. The predicted octanol–water partition coefficient (Wildman–Crippen LogP) is 2.29. The molecule has 0 fully saturated rings. The van der Waals surface area contributed by atoms with Crippen LogP contribution in [0.25, 0.3) is 10.8 Å². The second-order valence-corrected chi connectivity index (χ2v) is 9.84. The highest BCUT2D eigenvalue weighted by Crippen LogP contribution is 2.36. The van der Waals surface area contributed by atoms with E-state index in [0.29, 0.717) is 10.8 Å². The molecule has 3 aromatic rings. The minimum atomic E-state index is -4.42. The third-order valence-electron chi connectivity index (χ3n) is 4.15. The van der Waals surface area contributed by atoms with Crippen molar-refractivity contribution in [2.45, 2.75) is 9.79 Å². The van der Waals surface area contributed by atoms with Crippen LogP contribution in [0.15, 0.2) is 68.7 Å². The molecule has 0 heterocycles. The largest absolute Gasteiger partial charge is 0.506 e. The number of halogens is 1. The van der Waals surface area contributed by atoms with Gasteiger partial charge in [0.2, 0.25) is 10.0 Å². The highest BCUT2D eigenvalue weighted by molar-refractivity contribution is 7.89. The number of nitrogens with two attached hydrogens (primary N) is 1. The number of carbonyl (C=O) groups excluding carboxylic acids is 1. The maximum atomic E-state index is 11.9. The van der Waals surface area contributed by atoms with Crippen molar-refractivity contribution >= 4 is 54.1 Å². The van der Waals surface area contributed by atoms with Crippen LogP contribution in [-0.4, -0.2) is 39.0 Å². The fraction of sp³-hybridized carbons (Fsp3) is 0.0556. The fourth-order valence-electron chi connectivity index (χ4n) is 2.63. The average Bonchev–Trinajstić information content (AvgIpc) is 2.72. The second kappa shape index (κ2) is 9.29. The Balaban J connectivity index is 1.70. The number of phenols is 1. The van der Waals surface area contributed by atoms with Gasteiger partial charge in [-0.25, -0.2) is 19.0 Å². The second-order valence-electron chi connectivity index (χ2n) is 6.45. The van der Waals surface area contributed by atoms with Crippen LogP contribution in [0.1, 0.15) is 0 Å². The first kappa shape index (κ1) is 24.3. The molecule has 0 saturated heterocycles. The van der Waals surface area contributed by atoms with Gasteiger partial charge in [-0.15, -0.1) is 5.11 Å². The molecule has 0 radical (unpaired) electrons. The first-order valence-electron chi connectivity index (χ1n) is 8.74. The van der Waals surface area contributed by atoms with Crippen molar-refractivity contribution in [2.24, 2.45) is 15.5 Å². The summed E-state index contributed by atoms with van der Waals surface area (Å²) in [7, 11) is -8.37. The molecule has 0 aliphatic heterocycles. The summed E-state index contributed by atoms with van der Waals surface area (Å²) in [6, 6.07) is 9.72. The van der Waals surface area contributed by atoms with E-state index < -0.39 is 32.7 Å². The zero-order valence-electron chi connectivity index (χ0n) is 16.3. The van der Waals surface area contributed by atoms with E-state index in [4.69, 9.17) is 26.0 Å². The van der Waals surface area contributed by atoms with Crippen molar-refractivity contribution in [3.63, 3.8) is 0 Å². The third kappa shape index (κ3) is 5.94. The zero-order valence-corrected chi connectivity index (χ0v) is 18.7. The standard InChI is InChI=1S/C18H15ClN4O8S2/c19-14-8-11(32(20,26)27)3-6-16(14)31-9-17(25)21-23-22-18-13-4-2-12(33(28,29)30)7-10(13)1-5-15(18)24/h1-8,24H,9H2,(H2,20,26,27)(H,21,22,25)(H,28,29,30). The molecular weight excluding hydrogens is 500 g/mol. The van der Waals surface area contributed by atoms with Gasteiger partial charge in [-0.2, -0.15) is 8.42 Å². The van der Waals surface area contributed by atoms with Gasteiger partial charge in [-0.1, -0.05) is 29.0 Å². The topological polar surface area (TPSA) is 198 Å². The summed E-state index contributed by atoms with van der Waals surface area (Å²) in [4.78, 5) is 11.4. The van der Waals surface area contributed by atoms with E-state index in [-0.39, 0.29) is 32.0 Å². The first-order valence-corrected chi connectivity index (χ1v) is 12.1. The van der Waals surface area contributed by atoms with Crippen LogP contribution in [0, 0.1) is 0 Å². The lowest BCUT2D eigenvalue weighted by Gasteiger charge is -2.08. The summed E-state index contributed by atoms with van der Waals surface area (Å²) in [5.74, 6) is -1.02. The molecule has 0 atom stereocenters. The van der Waals surface area contributed by atoms with Gasteiger partial charge in [0.15, 0.2) is 6.61 Å². The highest BCUT2D eigenvalue weighted by atomic mass is 35.5. The van der Waals surface area contributed by atoms with Gasteiger partial charge in [0.05, 0.1) is 14.8 Å². The molecule has 0 aromatic heterocycles. The summed E-state index contributed by atoms with van der Waals surface area (Å²) in [5, 5.41) is 22.8. The van der Waals surface area contributed by atoms with Gasteiger partial charge in [-0.3, -0.25) is 9.35 Å². The first-order chi connectivity index (χ1) is 15.4. The smallest absolute Gasteiger partial charge is 0.294 e. The highest BCUT2D eigenvalue weighted by Gasteiger charge is 2.14. The summed E-state index contributed by atoms with van der Waals surface area (Å²) < 4.78 is 59.5. The number of nitrogens with one attached hydrogen (secondary N) is 1. The van der Waals surface area contributed by atoms with Crippen molar-refractivity contribution in [1.29, 1.82) is 0 Å². The Morgan fingerprint density at radius 2 is 1.76 bits per heavy atom. The van der Waals surface area contributed by atoms with Crippen LogP contribution in [0.4, 0.5) is 5.69 Å². The fourth-order valence-corrected chi connectivity index (χ4v) is 3.98. The minimum absolute atomic E-state index is 0.0255. The van der Waals surface area contributed by atoms with E-state index in [1.807, 2.05) is 0 Å². The van der Waals surface area contributed by atoms with Crippen molar-refractivity contribution in [2.75, 3.05) is 6.61 Å². The van der Waals surface area contributed by atoms with Crippen LogP contribution in [0.2, 0.25) is 5.02 Å². The Kier molecular flexibility index (Phi) is 6.85. The molecule has 0 spiro atoms. The molecule has 3 aromatic carbocycles. The van der Waals surface area contributed by atoms with Crippen LogP contribution in [0.3, 0.4) is 0 Å². The van der Waals surface area contributed by atoms with E-state index in [0.717, 1.165) is 18.2 Å². The van der Waals surface area contributed by atoms with E-state index >= 15 is 0 Å². The maximum Gasteiger partial charge on any atom is 0.294 e. The van der Waals surface area contributed by atoms with Gasteiger partial charge in [0.1, 0.15) is 17.2 Å². The summed E-state index contributed by atoms with van der Waals surface area (Å²) in [6.45, 7) is -0.549. The molecule has 174 valence electrons. The maximum absolute atomic E-state index is 11.9. The molecule has 1 amide bonds. The van der Waals surface area contributed by atoms with Crippen molar-refractivity contribution in [3.05, 3.63) is 53.6 Å². The summed E-state index contributed by atoms with van der Waals surface area (Å²) >= 11 is 5.92. The summed E-state index contributed by atoms with van der Waals surface area (Å²) in [6.07, 6.45) is 0. The number of phenolic OH excluding ortho intramolecular Hbond substituents is 1. The molecule has 0 saturated carbocycles. The number of hydrogen-bond donors (Lipinski definition) is 4. The van der Waals surface area contributed by atoms with Crippen LogP contribution >= 0.6 is 11.6 Å². The van der Waals surface area contributed by atoms with Crippen molar-refractivity contribution < 1.29 is 36.0 Å². The lowest BCUT2D eigenvalue weighted by molar-refractivity contribution is -0.123. The van der Waals surface area contributed by atoms with Crippen LogP contribution < -0.4 is 15.3 Å². The Hall–Kier alpha value is -3.30. The molecule has 0 unspecified atom stereocenters. The van der Waals surface area contributed by atoms with Crippen LogP contribution in [-0.2, 0) is 24.9 Å². The Labute approximate surface area is 192 Å². The number of rotatable bonds is 7. The molecule has 0 aliphatic rings. The number of fused-ring (bicyclic) bond motifs is 1. The normalized spacial score (nSPS) is 12.2. The molecule has 0 aliphatic carbocycles. The number of nitrogens with zero attached hydrogens (tertiary/aromatic N) is 2. The number of amides is 1. The number of benzene rings is 3. The summed E-state index contributed by atoms with van der Waals surface area (Å²) in [5.41, 5.74) is 2.01. The Bertz CT molecular complexity index is 1490. The van der Waals surface area contributed by atoms with Gasteiger partial charge in [-0.05, 0) is 41.8 Å². The lowest BCUT2D eigenvalue weighted by atomic mass is 10.1. The number of hydrogen-bond acceptors (Lipinski definition) is 9. The number of aromatic hydroxyl groups is 1. The SMILES string of the molecule is NS(=O)(=O)c1ccc(OCC(=O)NN=Nc2c(O)ccc3cc(S(=O)(=O)O)ccc23)c(Cl)c1. The quantitative estimate of drug-likeness (QED) is 0.209. The van der Waals surface area contributed by atoms with Gasteiger partial charge in [0.25, 0.3) is 16.0 Å². The van der Waals surface area contributed by atoms with E-state index in [1.165, 1.54) is 30.3 Å². The van der Waals surface area contributed by atoms with E-state index in [1.54, 1.807) is 0 Å². The predicted molar refractivity (Wildman–Crippen MR) is 116 cm³/mol. The molecule has 33 heavy (non-hydrogen) atoms. The average molecular weight is 515 g/mol. The van der Waals surface area contributed by atoms with E-state index in [9.17, 15) is 26.7 Å². The Morgan fingerprint density at radius 1 is 1.06 bits per heavy atom. The molecule has 5 N–H and O–H groups in total. The number of primary sulfonamides is 1. The number of sulfonamides is 1. The van der Waals surface area contributed by atoms with Crippen LogP contribution in [0.5, 0.6) is 11.5 Å². The van der Waals surface area contributed by atoms with Gasteiger partial charge >= 0.3 is 0 Å². The third-order valence-corrected chi connectivity index (χ3v) is 6.21. The lowest BCUT2D eigenvalue weighted by Crippen LogP contribution is -2.24. The van der Waals surface area contributed by atoms with Crippen molar-refractivity contribution in [1.82, 2.24) is 5.43 Å². The Morgan fingerprint density at radius 3 is 2.39 bits per heavy atom. The number of ether oxygens (including phenoxy) is 1. The monoisotopic (exact) mass is 514 g/mol. The molecular formula is C18H15ClN4O8S2. The molecule has 3 rings (SSSR count). The van der Waals surface area contributed by atoms with Crippen molar-refractivity contribution in [3.8, 4) is 11.5 Å². The van der Waals surface area contributed by atoms with Gasteiger partial charge < -0.3 is 9.84 Å². The number of carbonyl (C=O) groups is 1. The van der Waals surface area contributed by atoms with Gasteiger partial charge in [0, 0.05) is 5.39 Å². The minimum Gasteiger partial charge on any atom is -0.506 e. The van der Waals surface area contributed by atoms with E-state index in [2.05, 4.69) is 15.8 Å². The molecule has 15 heteroatoms. The molecule has 0 bridgehead atoms. The zero-order chi connectivity index (χ0) is 24.4.